The molecule has 19 heavy (non-hydrogen) atoms. The molecule has 2 aromatic rings. The number of aromatic hydroxyl groups is 2. The first-order valence-electron chi connectivity index (χ1n) is 5.66. The first-order valence-corrected chi connectivity index (χ1v) is 5.66. The maximum absolute atomic E-state index is 10.9. The van der Waals surface area contributed by atoms with E-state index in [9.17, 15) is 4.79 Å². The Morgan fingerprint density at radius 2 is 1.58 bits per heavy atom. The Morgan fingerprint density at radius 1 is 1.00 bits per heavy atom. The lowest BCUT2D eigenvalue weighted by Crippen LogP contribution is -1.96. The SMILES string of the molecule is COc1ccccc1C(C)=O.Oc1cccc(O)c1. The second-order valence-electron chi connectivity index (χ2n) is 3.78. The molecule has 0 saturated carbocycles. The van der Waals surface area contributed by atoms with E-state index in [2.05, 4.69) is 0 Å². The molecule has 0 spiro atoms. The number of hydrogen-bond acceptors (Lipinski definition) is 4. The number of methoxy groups -OCH3 is 1. The van der Waals surface area contributed by atoms with Gasteiger partial charge in [-0.05, 0) is 31.2 Å². The molecule has 0 bridgehead atoms. The summed E-state index contributed by atoms with van der Waals surface area (Å²) in [6.07, 6.45) is 0. The van der Waals surface area contributed by atoms with Gasteiger partial charge in [0.1, 0.15) is 17.2 Å². The van der Waals surface area contributed by atoms with Crippen LogP contribution in [-0.4, -0.2) is 23.1 Å². The highest BCUT2D eigenvalue weighted by molar-refractivity contribution is 5.96. The normalized spacial score (nSPS) is 9.16. The lowest BCUT2D eigenvalue weighted by Gasteiger charge is -2.03. The number of para-hydroxylation sites is 1. The molecule has 4 nitrogen and oxygen atoms in total. The van der Waals surface area contributed by atoms with E-state index in [1.807, 2.05) is 12.1 Å². The molecule has 0 aliphatic heterocycles. The molecule has 4 heteroatoms. The van der Waals surface area contributed by atoms with Gasteiger partial charge >= 0.3 is 0 Å². The highest BCUT2D eigenvalue weighted by Gasteiger charge is 2.04. The molecule has 0 unspecified atom stereocenters. The van der Waals surface area contributed by atoms with Crippen molar-refractivity contribution in [1.82, 2.24) is 0 Å². The molecular formula is C15H16O4. The summed E-state index contributed by atoms with van der Waals surface area (Å²) in [6, 6.07) is 13.0. The van der Waals surface area contributed by atoms with Crippen molar-refractivity contribution in [1.29, 1.82) is 0 Å². The number of hydrogen-bond donors (Lipinski definition) is 2. The average molecular weight is 260 g/mol. The summed E-state index contributed by atoms with van der Waals surface area (Å²) < 4.78 is 4.99. The minimum Gasteiger partial charge on any atom is -0.508 e. The molecular weight excluding hydrogens is 244 g/mol. The van der Waals surface area contributed by atoms with E-state index in [1.165, 1.54) is 25.1 Å². The third kappa shape index (κ3) is 4.71. The molecule has 0 saturated heterocycles. The molecule has 0 atom stereocenters. The maximum atomic E-state index is 10.9. The summed E-state index contributed by atoms with van der Waals surface area (Å²) in [4.78, 5) is 10.9. The zero-order valence-electron chi connectivity index (χ0n) is 10.8. The Morgan fingerprint density at radius 3 is 1.95 bits per heavy atom. The van der Waals surface area contributed by atoms with Crippen molar-refractivity contribution in [3.8, 4) is 17.2 Å². The number of phenols is 2. The third-order valence-corrected chi connectivity index (χ3v) is 2.32. The molecule has 0 fully saturated rings. The molecule has 2 aromatic carbocycles. The van der Waals surface area contributed by atoms with E-state index >= 15 is 0 Å². The predicted molar refractivity (Wildman–Crippen MR) is 72.8 cm³/mol. The van der Waals surface area contributed by atoms with Gasteiger partial charge in [-0.3, -0.25) is 4.79 Å². The lowest BCUT2D eigenvalue weighted by molar-refractivity contribution is 0.101. The standard InChI is InChI=1S/C9H10O2.C6H6O2/c1-7(10)8-5-3-4-6-9(8)11-2;7-5-2-1-3-6(8)4-5/h3-6H,1-2H3;1-4,7-8H. The topological polar surface area (TPSA) is 66.8 Å². The Kier molecular flexibility index (Phi) is 5.41. The van der Waals surface area contributed by atoms with Crippen LogP contribution in [0.2, 0.25) is 0 Å². The summed E-state index contributed by atoms with van der Waals surface area (Å²) in [5.41, 5.74) is 0.634. The summed E-state index contributed by atoms with van der Waals surface area (Å²) in [5.74, 6) is 0.845. The zero-order valence-corrected chi connectivity index (χ0v) is 10.8. The molecule has 2 N–H and O–H groups in total. The smallest absolute Gasteiger partial charge is 0.163 e. The van der Waals surface area contributed by atoms with Gasteiger partial charge in [0.05, 0.1) is 12.7 Å². The molecule has 0 amide bonds. The van der Waals surface area contributed by atoms with Gasteiger partial charge in [0, 0.05) is 6.07 Å². The Bertz CT molecular complexity index is 532. The maximum Gasteiger partial charge on any atom is 0.163 e. The highest BCUT2D eigenvalue weighted by Crippen LogP contribution is 2.17. The fourth-order valence-corrected chi connectivity index (χ4v) is 1.43. The van der Waals surface area contributed by atoms with Gasteiger partial charge in [0.2, 0.25) is 0 Å². The molecule has 0 heterocycles. The van der Waals surface area contributed by atoms with Crippen LogP contribution in [0.4, 0.5) is 0 Å². The Balaban J connectivity index is 0.000000200. The largest absolute Gasteiger partial charge is 0.508 e. The van der Waals surface area contributed by atoms with Crippen LogP contribution in [0.15, 0.2) is 48.5 Å². The second kappa shape index (κ2) is 7.06. The van der Waals surface area contributed by atoms with E-state index < -0.39 is 0 Å². The van der Waals surface area contributed by atoms with E-state index in [-0.39, 0.29) is 17.3 Å². The van der Waals surface area contributed by atoms with Crippen LogP contribution < -0.4 is 4.74 Å². The predicted octanol–water partition coefficient (Wildman–Crippen LogP) is 3.00. The fraction of sp³-hybridized carbons (Fsp3) is 0.133. The van der Waals surface area contributed by atoms with Crippen molar-refractivity contribution in [2.24, 2.45) is 0 Å². The number of carbonyl (C=O) groups excluding carboxylic acids is 1. The fourth-order valence-electron chi connectivity index (χ4n) is 1.43. The first kappa shape index (κ1) is 14.6. The van der Waals surface area contributed by atoms with Crippen molar-refractivity contribution in [3.63, 3.8) is 0 Å². The Labute approximate surface area is 111 Å². The summed E-state index contributed by atoms with van der Waals surface area (Å²) in [6.45, 7) is 1.53. The number of ether oxygens (including phenoxy) is 1. The molecule has 0 aliphatic carbocycles. The van der Waals surface area contributed by atoms with E-state index in [0.29, 0.717) is 11.3 Å². The monoisotopic (exact) mass is 260 g/mol. The van der Waals surface area contributed by atoms with Crippen molar-refractivity contribution < 1.29 is 19.7 Å². The van der Waals surface area contributed by atoms with Crippen LogP contribution in [0.1, 0.15) is 17.3 Å². The van der Waals surface area contributed by atoms with Crippen LogP contribution in [0.5, 0.6) is 17.2 Å². The summed E-state index contributed by atoms with van der Waals surface area (Å²) in [7, 11) is 1.56. The van der Waals surface area contributed by atoms with Gasteiger partial charge in [-0.25, -0.2) is 0 Å². The van der Waals surface area contributed by atoms with Crippen molar-refractivity contribution in [3.05, 3.63) is 54.1 Å². The van der Waals surface area contributed by atoms with Crippen molar-refractivity contribution >= 4 is 5.78 Å². The van der Waals surface area contributed by atoms with Gasteiger partial charge in [-0.2, -0.15) is 0 Å². The van der Waals surface area contributed by atoms with E-state index in [0.717, 1.165) is 0 Å². The highest BCUT2D eigenvalue weighted by atomic mass is 16.5. The number of Topliss-reactive ketones (excluding diaryl/α,β-unsaturated/α-hetero) is 1. The summed E-state index contributed by atoms with van der Waals surface area (Å²) >= 11 is 0. The lowest BCUT2D eigenvalue weighted by atomic mass is 10.1. The molecule has 2 rings (SSSR count). The second-order valence-corrected chi connectivity index (χ2v) is 3.78. The molecule has 0 aliphatic rings. The van der Waals surface area contributed by atoms with Crippen LogP contribution in [-0.2, 0) is 0 Å². The van der Waals surface area contributed by atoms with E-state index in [4.69, 9.17) is 14.9 Å². The molecule has 0 aromatic heterocycles. The quantitative estimate of drug-likeness (QED) is 0.814. The van der Waals surface area contributed by atoms with Crippen LogP contribution in [0.3, 0.4) is 0 Å². The van der Waals surface area contributed by atoms with E-state index in [1.54, 1.807) is 25.3 Å². The van der Waals surface area contributed by atoms with Crippen LogP contribution in [0.25, 0.3) is 0 Å². The number of carbonyl (C=O) groups is 1. The summed E-state index contributed by atoms with van der Waals surface area (Å²) in [5, 5.41) is 17.3. The van der Waals surface area contributed by atoms with Crippen molar-refractivity contribution in [2.75, 3.05) is 7.11 Å². The van der Waals surface area contributed by atoms with Gasteiger partial charge in [-0.1, -0.05) is 18.2 Å². The third-order valence-electron chi connectivity index (χ3n) is 2.32. The van der Waals surface area contributed by atoms with Crippen LogP contribution >= 0.6 is 0 Å². The van der Waals surface area contributed by atoms with Gasteiger partial charge < -0.3 is 14.9 Å². The number of benzene rings is 2. The first-order chi connectivity index (χ1) is 9.04. The number of rotatable bonds is 2. The minimum absolute atomic E-state index is 0.0300. The van der Waals surface area contributed by atoms with Crippen molar-refractivity contribution in [2.45, 2.75) is 6.92 Å². The molecule has 0 radical (unpaired) electrons. The molecule has 100 valence electrons. The number of ketones is 1. The minimum atomic E-state index is 0.0300. The van der Waals surface area contributed by atoms with Gasteiger partial charge in [0.15, 0.2) is 5.78 Å². The van der Waals surface area contributed by atoms with Gasteiger partial charge in [0.25, 0.3) is 0 Å². The van der Waals surface area contributed by atoms with Crippen LogP contribution in [0, 0.1) is 0 Å². The van der Waals surface area contributed by atoms with Gasteiger partial charge in [-0.15, -0.1) is 0 Å². The average Bonchev–Trinajstić information content (AvgIpc) is 2.39. The Hall–Kier alpha value is -2.49. The number of phenolic OH excluding ortho intramolecular Hbond substituents is 2. The zero-order chi connectivity index (χ0) is 14.3.